The van der Waals surface area contributed by atoms with Crippen molar-refractivity contribution in [3.05, 3.63) is 66.2 Å². The lowest BCUT2D eigenvalue weighted by Crippen LogP contribution is -1.99. The zero-order valence-corrected chi connectivity index (χ0v) is 10.5. The second-order valence-corrected chi connectivity index (χ2v) is 4.55. The highest BCUT2D eigenvalue weighted by atomic mass is 19.1. The molecule has 0 aliphatic heterocycles. The van der Waals surface area contributed by atoms with Crippen molar-refractivity contribution in [2.75, 3.05) is 11.1 Å². The Bertz CT molecular complexity index is 761. The summed E-state index contributed by atoms with van der Waals surface area (Å²) in [5.41, 5.74) is 5.87. The van der Waals surface area contributed by atoms with Gasteiger partial charge >= 0.3 is 0 Å². The summed E-state index contributed by atoms with van der Waals surface area (Å²) in [6.07, 6.45) is 0. The van der Waals surface area contributed by atoms with Gasteiger partial charge in [0.05, 0.1) is 0 Å². The van der Waals surface area contributed by atoms with Crippen LogP contribution in [0.1, 0.15) is 0 Å². The number of hydrogen-bond donors (Lipinski definition) is 2. The molecule has 3 aromatic carbocycles. The summed E-state index contributed by atoms with van der Waals surface area (Å²) >= 11 is 0. The maximum Gasteiger partial charge on any atom is 0.151 e. The van der Waals surface area contributed by atoms with Gasteiger partial charge in [-0.3, -0.25) is 0 Å². The van der Waals surface area contributed by atoms with Gasteiger partial charge in [0.15, 0.2) is 11.6 Å². The van der Waals surface area contributed by atoms with Gasteiger partial charge in [-0.05, 0) is 35.0 Å². The number of hydrogen-bond acceptors (Lipinski definition) is 2. The number of benzene rings is 3. The monoisotopic (exact) mass is 270 g/mol. The van der Waals surface area contributed by atoms with Gasteiger partial charge in [0, 0.05) is 11.4 Å². The molecule has 0 saturated carbocycles. The molecule has 0 aliphatic rings. The van der Waals surface area contributed by atoms with Gasteiger partial charge in [0.2, 0.25) is 0 Å². The molecule has 0 spiro atoms. The quantitative estimate of drug-likeness (QED) is 0.675. The van der Waals surface area contributed by atoms with E-state index in [1.165, 1.54) is 0 Å². The molecule has 3 aromatic rings. The smallest absolute Gasteiger partial charge is 0.151 e. The third kappa shape index (κ3) is 2.28. The summed E-state index contributed by atoms with van der Waals surface area (Å²) in [6.45, 7) is 0. The van der Waals surface area contributed by atoms with Crippen LogP contribution in [0.3, 0.4) is 0 Å². The minimum atomic E-state index is -0.712. The Morgan fingerprint density at radius 2 is 1.45 bits per heavy atom. The number of anilines is 3. The van der Waals surface area contributed by atoms with Gasteiger partial charge in [-0.1, -0.05) is 30.3 Å². The summed E-state index contributed by atoms with van der Waals surface area (Å²) in [5, 5.41) is 4.81. The van der Waals surface area contributed by atoms with E-state index < -0.39 is 11.6 Å². The second kappa shape index (κ2) is 4.81. The second-order valence-electron chi connectivity index (χ2n) is 4.55. The average Bonchev–Trinajstić information content (AvgIpc) is 2.42. The summed E-state index contributed by atoms with van der Waals surface area (Å²) in [7, 11) is 0. The Morgan fingerprint density at radius 1 is 0.800 bits per heavy atom. The van der Waals surface area contributed by atoms with Crippen LogP contribution in [-0.4, -0.2) is 0 Å². The number of nitrogen functional groups attached to an aromatic ring is 1. The summed E-state index contributed by atoms with van der Waals surface area (Å²) in [5.74, 6) is -1.42. The number of fused-ring (bicyclic) bond motifs is 1. The Morgan fingerprint density at radius 3 is 2.15 bits per heavy atom. The summed E-state index contributed by atoms with van der Waals surface area (Å²) < 4.78 is 27.5. The van der Waals surface area contributed by atoms with Crippen molar-refractivity contribution in [2.24, 2.45) is 0 Å². The largest absolute Gasteiger partial charge is 0.399 e. The summed E-state index contributed by atoms with van der Waals surface area (Å²) in [4.78, 5) is 0. The van der Waals surface area contributed by atoms with Gasteiger partial charge in [0.1, 0.15) is 5.69 Å². The minimum absolute atomic E-state index is 0.0593. The van der Waals surface area contributed by atoms with Crippen molar-refractivity contribution in [3.63, 3.8) is 0 Å². The number of rotatable bonds is 2. The molecule has 2 nitrogen and oxygen atoms in total. The first-order valence-electron chi connectivity index (χ1n) is 6.14. The van der Waals surface area contributed by atoms with E-state index in [4.69, 9.17) is 5.73 Å². The minimum Gasteiger partial charge on any atom is -0.399 e. The number of nitrogens with one attached hydrogen (secondary N) is 1. The molecule has 20 heavy (non-hydrogen) atoms. The van der Waals surface area contributed by atoms with Crippen LogP contribution in [0.2, 0.25) is 0 Å². The average molecular weight is 270 g/mol. The molecule has 0 bridgehead atoms. The molecule has 0 unspecified atom stereocenters. The first kappa shape index (κ1) is 12.4. The van der Waals surface area contributed by atoms with Crippen molar-refractivity contribution in [3.8, 4) is 0 Å². The van der Waals surface area contributed by atoms with Crippen LogP contribution in [0, 0.1) is 11.6 Å². The maximum absolute atomic E-state index is 13.7. The topological polar surface area (TPSA) is 38.0 Å². The van der Waals surface area contributed by atoms with E-state index >= 15 is 0 Å². The van der Waals surface area contributed by atoms with Gasteiger partial charge in [-0.15, -0.1) is 0 Å². The highest BCUT2D eigenvalue weighted by Crippen LogP contribution is 2.27. The third-order valence-corrected chi connectivity index (χ3v) is 3.08. The van der Waals surface area contributed by atoms with Gasteiger partial charge < -0.3 is 11.1 Å². The zero-order chi connectivity index (χ0) is 14.1. The van der Waals surface area contributed by atoms with Crippen LogP contribution >= 0.6 is 0 Å². The summed E-state index contributed by atoms with van der Waals surface area (Å²) in [6, 6.07) is 15.5. The molecule has 100 valence electrons. The van der Waals surface area contributed by atoms with E-state index in [9.17, 15) is 8.78 Å². The van der Waals surface area contributed by atoms with Crippen molar-refractivity contribution < 1.29 is 8.78 Å². The molecule has 3 rings (SSSR count). The fourth-order valence-electron chi connectivity index (χ4n) is 2.12. The van der Waals surface area contributed by atoms with Crippen LogP contribution in [0.4, 0.5) is 25.8 Å². The van der Waals surface area contributed by atoms with Crippen molar-refractivity contribution in [1.29, 1.82) is 0 Å². The SMILES string of the molecule is Nc1cc(F)c(Nc2ccc3ccccc3c2)c(F)c1. The van der Waals surface area contributed by atoms with E-state index in [0.29, 0.717) is 5.69 Å². The maximum atomic E-state index is 13.7. The Kier molecular flexibility index (Phi) is 2.99. The molecule has 0 atom stereocenters. The van der Waals surface area contributed by atoms with Crippen LogP contribution in [0.25, 0.3) is 10.8 Å². The van der Waals surface area contributed by atoms with Crippen molar-refractivity contribution in [1.82, 2.24) is 0 Å². The fourth-order valence-corrected chi connectivity index (χ4v) is 2.12. The molecule has 0 amide bonds. The molecular weight excluding hydrogens is 258 g/mol. The molecule has 0 radical (unpaired) electrons. The van der Waals surface area contributed by atoms with E-state index in [1.54, 1.807) is 6.07 Å². The normalized spacial score (nSPS) is 10.7. The predicted molar refractivity (Wildman–Crippen MR) is 78.0 cm³/mol. The van der Waals surface area contributed by atoms with Gasteiger partial charge in [-0.25, -0.2) is 8.78 Å². The molecular formula is C16H12F2N2. The molecule has 0 saturated heterocycles. The van der Waals surface area contributed by atoms with Crippen LogP contribution in [0.15, 0.2) is 54.6 Å². The molecule has 4 heteroatoms. The highest BCUT2D eigenvalue weighted by Gasteiger charge is 2.10. The van der Waals surface area contributed by atoms with E-state index in [2.05, 4.69) is 5.32 Å². The number of halogens is 2. The van der Waals surface area contributed by atoms with Gasteiger partial charge in [-0.2, -0.15) is 0 Å². The Labute approximate surface area is 114 Å². The van der Waals surface area contributed by atoms with Crippen LogP contribution in [0.5, 0.6) is 0 Å². The fraction of sp³-hybridized carbons (Fsp3) is 0. The zero-order valence-electron chi connectivity index (χ0n) is 10.5. The molecule has 3 N–H and O–H groups in total. The molecule has 0 aliphatic carbocycles. The molecule has 0 fully saturated rings. The standard InChI is InChI=1S/C16H12F2N2/c17-14-8-12(19)9-15(18)16(14)20-13-6-5-10-3-1-2-4-11(10)7-13/h1-9,20H,19H2. The third-order valence-electron chi connectivity index (χ3n) is 3.08. The molecule has 0 aromatic heterocycles. The predicted octanol–water partition coefficient (Wildman–Crippen LogP) is 4.44. The van der Waals surface area contributed by atoms with Gasteiger partial charge in [0.25, 0.3) is 0 Å². The van der Waals surface area contributed by atoms with E-state index in [0.717, 1.165) is 22.9 Å². The first-order valence-corrected chi connectivity index (χ1v) is 6.14. The van der Waals surface area contributed by atoms with Crippen molar-refractivity contribution in [2.45, 2.75) is 0 Å². The van der Waals surface area contributed by atoms with E-state index in [-0.39, 0.29) is 11.4 Å². The lowest BCUT2D eigenvalue weighted by molar-refractivity contribution is 0.592. The Hall–Kier alpha value is -2.62. The van der Waals surface area contributed by atoms with E-state index in [1.807, 2.05) is 36.4 Å². The lowest BCUT2D eigenvalue weighted by atomic mass is 10.1. The number of nitrogens with two attached hydrogens (primary N) is 1. The molecule has 0 heterocycles. The Balaban J connectivity index is 2.01. The van der Waals surface area contributed by atoms with Crippen LogP contribution < -0.4 is 11.1 Å². The lowest BCUT2D eigenvalue weighted by Gasteiger charge is -2.10. The first-order chi connectivity index (χ1) is 9.63. The van der Waals surface area contributed by atoms with Crippen molar-refractivity contribution >= 4 is 27.8 Å². The highest BCUT2D eigenvalue weighted by molar-refractivity contribution is 5.86. The van der Waals surface area contributed by atoms with Crippen LogP contribution in [-0.2, 0) is 0 Å².